The predicted octanol–water partition coefficient (Wildman–Crippen LogP) is 1.88. The summed E-state index contributed by atoms with van der Waals surface area (Å²) in [7, 11) is 1.22. The van der Waals surface area contributed by atoms with Crippen LogP contribution in [0, 0.1) is 0 Å². The fourth-order valence-electron chi connectivity index (χ4n) is 2.52. The lowest BCUT2D eigenvalue weighted by Crippen LogP contribution is -2.38. The summed E-state index contributed by atoms with van der Waals surface area (Å²) >= 11 is 0. The maximum atomic E-state index is 11.4. The Kier molecular flexibility index (Phi) is 7.77. The summed E-state index contributed by atoms with van der Waals surface area (Å²) in [5.41, 5.74) is -0.313. The van der Waals surface area contributed by atoms with E-state index < -0.39 is 11.6 Å². The van der Waals surface area contributed by atoms with E-state index in [1.54, 1.807) is 24.3 Å². The molecule has 7 heteroatoms. The molecule has 1 saturated heterocycles. The van der Waals surface area contributed by atoms with Crippen molar-refractivity contribution < 1.29 is 28.9 Å². The minimum Gasteiger partial charge on any atom is -0.465 e. The summed E-state index contributed by atoms with van der Waals surface area (Å²) in [6, 6.07) is 8.43. The van der Waals surface area contributed by atoms with Crippen molar-refractivity contribution in [2.24, 2.45) is 0 Å². The number of carbonyl (C=O) groups is 1. The fraction of sp³-hybridized carbons (Fsp3) is 0.474. The molecular weight excluding hydrogens is 340 g/mol. The molecule has 2 N–H and O–H groups in total. The van der Waals surface area contributed by atoms with Crippen LogP contribution in [-0.4, -0.2) is 48.7 Å². The second-order valence-corrected chi connectivity index (χ2v) is 5.96. The molecule has 26 heavy (non-hydrogen) atoms. The summed E-state index contributed by atoms with van der Waals surface area (Å²) in [6.45, 7) is 1.01. The first-order valence-electron chi connectivity index (χ1n) is 8.58. The topological polar surface area (TPSA) is 106 Å². The lowest BCUT2D eigenvalue weighted by molar-refractivity contribution is -0.118. The predicted molar refractivity (Wildman–Crippen MR) is 95.1 cm³/mol. The van der Waals surface area contributed by atoms with Gasteiger partial charge < -0.3 is 24.1 Å². The average Bonchev–Trinajstić information content (AvgIpc) is 2.60. The van der Waals surface area contributed by atoms with Gasteiger partial charge in [-0.25, -0.2) is 9.59 Å². The Morgan fingerprint density at radius 3 is 2.69 bits per heavy atom. The Morgan fingerprint density at radius 1 is 1.35 bits per heavy atom. The number of hydrogen-bond acceptors (Lipinski definition) is 7. The third-order valence-electron chi connectivity index (χ3n) is 4.12. The van der Waals surface area contributed by atoms with Gasteiger partial charge in [0.2, 0.25) is 0 Å². The van der Waals surface area contributed by atoms with Gasteiger partial charge in [0, 0.05) is 18.6 Å². The summed E-state index contributed by atoms with van der Waals surface area (Å²) < 4.78 is 14.5. The third kappa shape index (κ3) is 5.39. The summed E-state index contributed by atoms with van der Waals surface area (Å²) in [6.07, 6.45) is 3.18. The molecule has 0 bridgehead atoms. The largest absolute Gasteiger partial charge is 0.465 e. The number of carbonyl (C=O) groups excluding carboxylic acids is 1. The lowest BCUT2D eigenvalue weighted by Gasteiger charge is -2.30. The van der Waals surface area contributed by atoms with E-state index in [1.807, 2.05) is 0 Å². The highest BCUT2D eigenvalue weighted by molar-refractivity contribution is 5.92. The quantitative estimate of drug-likeness (QED) is 0.458. The van der Waals surface area contributed by atoms with Gasteiger partial charge in [0.25, 0.3) is 0 Å². The normalized spacial score (nSPS) is 17.0. The average molecular weight is 364 g/mol. The smallest absolute Gasteiger partial charge is 0.351 e. The van der Waals surface area contributed by atoms with Gasteiger partial charge in [-0.1, -0.05) is 18.2 Å². The van der Waals surface area contributed by atoms with Crippen LogP contribution >= 0.6 is 0 Å². The lowest BCUT2D eigenvalue weighted by atomic mass is 10.0. The van der Waals surface area contributed by atoms with Crippen molar-refractivity contribution >= 4 is 16.9 Å². The highest BCUT2D eigenvalue weighted by atomic mass is 16.5. The van der Waals surface area contributed by atoms with Gasteiger partial charge in [-0.2, -0.15) is 0 Å². The zero-order chi connectivity index (χ0) is 18.9. The van der Waals surface area contributed by atoms with E-state index in [0.29, 0.717) is 11.0 Å². The first-order valence-corrected chi connectivity index (χ1v) is 8.58. The third-order valence-corrected chi connectivity index (χ3v) is 4.12. The van der Waals surface area contributed by atoms with Crippen LogP contribution in [0.2, 0.25) is 0 Å². The van der Waals surface area contributed by atoms with Crippen LogP contribution in [0.15, 0.2) is 39.5 Å². The van der Waals surface area contributed by atoms with Crippen molar-refractivity contribution in [1.29, 1.82) is 0 Å². The molecule has 2 atom stereocenters. The Bertz CT molecular complexity index is 764. The van der Waals surface area contributed by atoms with Crippen molar-refractivity contribution in [3.05, 3.63) is 46.3 Å². The van der Waals surface area contributed by atoms with Gasteiger partial charge >= 0.3 is 11.6 Å². The van der Waals surface area contributed by atoms with E-state index in [4.69, 9.17) is 14.3 Å². The van der Waals surface area contributed by atoms with Crippen LogP contribution in [0.1, 0.15) is 36.0 Å². The molecule has 0 saturated carbocycles. The Balaban J connectivity index is 0.000000197. The monoisotopic (exact) mass is 364 g/mol. The first-order chi connectivity index (χ1) is 12.6. The molecule has 0 spiro atoms. The number of rotatable bonds is 6. The molecule has 1 aliphatic rings. The maximum Gasteiger partial charge on any atom is 0.351 e. The van der Waals surface area contributed by atoms with Crippen molar-refractivity contribution in [1.82, 2.24) is 0 Å². The first kappa shape index (κ1) is 20.1. The number of aliphatic hydroxyl groups excluding tert-OH is 2. The highest BCUT2D eigenvalue weighted by Crippen LogP contribution is 2.18. The molecule has 0 radical (unpaired) electrons. The highest BCUT2D eigenvalue weighted by Gasteiger charge is 2.25. The molecule has 1 aromatic heterocycles. The number of para-hydroxylation sites is 1. The van der Waals surface area contributed by atoms with E-state index in [0.717, 1.165) is 32.3 Å². The van der Waals surface area contributed by atoms with Gasteiger partial charge in [-0.3, -0.25) is 0 Å². The number of benzene rings is 1. The van der Waals surface area contributed by atoms with Gasteiger partial charge in [0.1, 0.15) is 11.1 Å². The standard InChI is InChI=1S/C11H8O4.C8H16O3/c1-14-10(12)8-6-7-4-2-3-5-9(7)15-11(8)13;9-5-2-1-3-7(10)8-4-6-11-8/h2-6H,1H3;7-10H,1-6H2. The van der Waals surface area contributed by atoms with Crippen molar-refractivity contribution in [3.63, 3.8) is 0 Å². The molecule has 2 aromatic rings. The summed E-state index contributed by atoms with van der Waals surface area (Å²) in [4.78, 5) is 22.6. The van der Waals surface area contributed by atoms with E-state index >= 15 is 0 Å². The summed E-state index contributed by atoms with van der Waals surface area (Å²) in [5.74, 6) is -0.686. The Hall–Kier alpha value is -2.22. The van der Waals surface area contributed by atoms with Crippen LogP contribution in [0.25, 0.3) is 11.0 Å². The molecule has 1 aromatic carbocycles. The molecule has 0 aliphatic carbocycles. The zero-order valence-corrected chi connectivity index (χ0v) is 14.7. The van der Waals surface area contributed by atoms with Crippen LogP contribution in [0.3, 0.4) is 0 Å². The number of methoxy groups -OCH3 is 1. The maximum absolute atomic E-state index is 11.4. The van der Waals surface area contributed by atoms with Crippen LogP contribution in [0.5, 0.6) is 0 Å². The molecular formula is C19H24O7. The molecule has 2 unspecified atom stereocenters. The minimum absolute atomic E-state index is 0.0775. The molecule has 142 valence electrons. The van der Waals surface area contributed by atoms with Crippen molar-refractivity contribution in [2.45, 2.75) is 37.9 Å². The number of ether oxygens (including phenoxy) is 2. The zero-order valence-electron chi connectivity index (χ0n) is 14.7. The fourth-order valence-corrected chi connectivity index (χ4v) is 2.52. The van der Waals surface area contributed by atoms with Gasteiger partial charge in [-0.15, -0.1) is 0 Å². The van der Waals surface area contributed by atoms with Crippen LogP contribution in [0.4, 0.5) is 0 Å². The Morgan fingerprint density at radius 2 is 2.08 bits per heavy atom. The molecule has 1 fully saturated rings. The van der Waals surface area contributed by atoms with Crippen molar-refractivity contribution in [2.75, 3.05) is 20.3 Å². The molecule has 1 aliphatic heterocycles. The van der Waals surface area contributed by atoms with Gasteiger partial charge in [0.05, 0.1) is 19.3 Å². The number of fused-ring (bicyclic) bond motifs is 1. The molecule has 2 heterocycles. The number of unbranched alkanes of at least 4 members (excludes halogenated alkanes) is 1. The SMILES string of the molecule is COC(=O)c1cc2ccccc2oc1=O.OCCCCC(O)C1CCO1. The number of aliphatic hydroxyl groups is 2. The van der Waals surface area contributed by atoms with E-state index in [2.05, 4.69) is 4.74 Å². The minimum atomic E-state index is -0.686. The van der Waals surface area contributed by atoms with E-state index in [-0.39, 0.29) is 24.4 Å². The molecule has 0 amide bonds. The van der Waals surface area contributed by atoms with E-state index in [1.165, 1.54) is 13.2 Å². The van der Waals surface area contributed by atoms with E-state index in [9.17, 15) is 14.7 Å². The molecule has 3 rings (SSSR count). The second-order valence-electron chi connectivity index (χ2n) is 5.96. The Labute approximate surface area is 151 Å². The van der Waals surface area contributed by atoms with Crippen molar-refractivity contribution in [3.8, 4) is 0 Å². The molecule has 7 nitrogen and oxygen atoms in total. The van der Waals surface area contributed by atoms with Crippen LogP contribution in [-0.2, 0) is 9.47 Å². The van der Waals surface area contributed by atoms with Gasteiger partial charge in [-0.05, 0) is 37.8 Å². The number of hydrogen-bond donors (Lipinski definition) is 2. The summed E-state index contributed by atoms with van der Waals surface area (Å²) in [5, 5.41) is 18.6. The second kappa shape index (κ2) is 10.1. The van der Waals surface area contributed by atoms with Gasteiger partial charge in [0.15, 0.2) is 0 Å². The number of esters is 1. The van der Waals surface area contributed by atoms with Crippen LogP contribution < -0.4 is 5.63 Å².